The topological polar surface area (TPSA) is 133 Å². The van der Waals surface area contributed by atoms with E-state index in [0.29, 0.717) is 50.6 Å². The van der Waals surface area contributed by atoms with Gasteiger partial charge in [-0.2, -0.15) is 4.39 Å². The molecule has 0 unspecified atom stereocenters. The number of H-pyrrole nitrogens is 1. The van der Waals surface area contributed by atoms with Gasteiger partial charge >= 0.3 is 0 Å². The summed E-state index contributed by atoms with van der Waals surface area (Å²) < 4.78 is 23.5. The first kappa shape index (κ1) is 24.6. The van der Waals surface area contributed by atoms with E-state index in [9.17, 15) is 4.79 Å². The molecule has 0 bridgehead atoms. The molecule has 2 atom stereocenters. The Hall–Kier alpha value is -4.48. The maximum atomic E-state index is 15.1. The predicted molar refractivity (Wildman–Crippen MR) is 148 cm³/mol. The van der Waals surface area contributed by atoms with Crippen molar-refractivity contribution in [1.82, 2.24) is 34.7 Å². The van der Waals surface area contributed by atoms with Crippen LogP contribution in [0.5, 0.6) is 0 Å². The number of nitrogens with zero attached hydrogens (tertiary/aromatic N) is 6. The molecule has 5 heterocycles. The molecule has 6 aromatic rings. The summed E-state index contributed by atoms with van der Waals surface area (Å²) in [5.74, 6) is -0.0719. The van der Waals surface area contributed by atoms with Crippen molar-refractivity contribution in [2.24, 2.45) is 0 Å². The van der Waals surface area contributed by atoms with Gasteiger partial charge in [-0.05, 0) is 54.3 Å². The molecule has 4 aromatic heterocycles. The number of nitrogens with two attached hydrogens (primary N) is 1. The fraction of sp³-hybridized carbons (Fsp3) is 0.148. The van der Waals surface area contributed by atoms with Gasteiger partial charge in [0.25, 0.3) is 5.56 Å². The lowest BCUT2D eigenvalue weighted by molar-refractivity contribution is 0.460. The van der Waals surface area contributed by atoms with Gasteiger partial charge in [0.05, 0.1) is 23.3 Å². The Balaban J connectivity index is 1.30. The average Bonchev–Trinajstić information content (AvgIpc) is 3.70. The van der Waals surface area contributed by atoms with Gasteiger partial charge in [0, 0.05) is 27.9 Å². The predicted octanol–water partition coefficient (Wildman–Crippen LogP) is 5.75. The lowest BCUT2D eigenvalue weighted by Crippen LogP contribution is -2.24. The maximum Gasteiger partial charge on any atom is 0.252 e. The van der Waals surface area contributed by atoms with E-state index in [1.807, 2.05) is 13.0 Å². The Labute approximate surface area is 235 Å². The third-order valence-electron chi connectivity index (χ3n) is 7.26. The zero-order chi connectivity index (χ0) is 27.7. The fourth-order valence-electron chi connectivity index (χ4n) is 5.40. The molecule has 0 aliphatic carbocycles. The standard InChI is InChI=1S/C27H19Cl2FN8O2/c1-12-6-20(27-32-24(25(30)33-27)13-2-4-16-21(8-13)40-35-26(16)31)38-19(12)7-14(9-23(38)39)17-10-15(28)3-5-18(17)37-11-22(29)34-36-37/h2-5,7-12,20H,6H2,1H3,(H2,31,35)(H,32,33)/t12-,20+/m1/s1. The minimum absolute atomic E-state index is 0.00812. The minimum atomic E-state index is -0.678. The number of hydrogen-bond donors (Lipinski definition) is 2. The van der Waals surface area contributed by atoms with E-state index in [2.05, 4.69) is 25.4 Å². The lowest BCUT2D eigenvalue weighted by Gasteiger charge is -2.15. The van der Waals surface area contributed by atoms with Gasteiger partial charge in [0.15, 0.2) is 16.6 Å². The molecule has 7 rings (SSSR count). The van der Waals surface area contributed by atoms with E-state index in [0.717, 1.165) is 5.69 Å². The smallest absolute Gasteiger partial charge is 0.252 e. The third-order valence-corrected chi connectivity index (χ3v) is 7.66. The summed E-state index contributed by atoms with van der Waals surface area (Å²) in [5, 5.41) is 13.0. The van der Waals surface area contributed by atoms with Gasteiger partial charge in [-0.3, -0.25) is 4.79 Å². The van der Waals surface area contributed by atoms with Crippen molar-refractivity contribution in [3.05, 3.63) is 92.7 Å². The number of halogens is 3. The number of rotatable bonds is 4. The third kappa shape index (κ3) is 3.89. The van der Waals surface area contributed by atoms with Crippen LogP contribution < -0.4 is 11.3 Å². The highest BCUT2D eigenvalue weighted by Crippen LogP contribution is 2.40. The second-order valence-corrected chi connectivity index (χ2v) is 10.6. The Morgan fingerprint density at radius 2 is 1.98 bits per heavy atom. The van der Waals surface area contributed by atoms with Crippen molar-refractivity contribution in [2.75, 3.05) is 5.73 Å². The number of imidazole rings is 1. The highest BCUT2D eigenvalue weighted by molar-refractivity contribution is 6.31. The van der Waals surface area contributed by atoms with Gasteiger partial charge in [0.1, 0.15) is 11.5 Å². The summed E-state index contributed by atoms with van der Waals surface area (Å²) in [5.41, 5.74) is 9.52. The number of nitrogen functional groups attached to an aromatic ring is 1. The second kappa shape index (κ2) is 9.04. The summed E-state index contributed by atoms with van der Waals surface area (Å²) in [6, 6.07) is 13.4. The van der Waals surface area contributed by atoms with Crippen LogP contribution in [0.4, 0.5) is 10.2 Å². The van der Waals surface area contributed by atoms with Crippen molar-refractivity contribution < 1.29 is 8.91 Å². The van der Waals surface area contributed by atoms with Crippen molar-refractivity contribution >= 4 is 40.0 Å². The van der Waals surface area contributed by atoms with E-state index in [1.165, 1.54) is 10.7 Å². The first-order valence-corrected chi connectivity index (χ1v) is 13.1. The molecule has 40 heavy (non-hydrogen) atoms. The molecule has 0 saturated carbocycles. The number of aromatic amines is 1. The minimum Gasteiger partial charge on any atom is -0.380 e. The van der Waals surface area contributed by atoms with E-state index in [-0.39, 0.29) is 28.1 Å². The molecule has 200 valence electrons. The van der Waals surface area contributed by atoms with Crippen LogP contribution in [0.1, 0.15) is 36.8 Å². The normalized spacial score (nSPS) is 16.6. The maximum absolute atomic E-state index is 15.1. The molecule has 0 spiro atoms. The van der Waals surface area contributed by atoms with Crippen LogP contribution in [-0.2, 0) is 0 Å². The molecule has 10 nitrogen and oxygen atoms in total. The first-order chi connectivity index (χ1) is 19.3. The van der Waals surface area contributed by atoms with Crippen molar-refractivity contribution in [3.63, 3.8) is 0 Å². The van der Waals surface area contributed by atoms with E-state index in [4.69, 9.17) is 33.5 Å². The van der Waals surface area contributed by atoms with Crippen molar-refractivity contribution in [1.29, 1.82) is 0 Å². The molecular formula is C27H19Cl2FN8O2. The summed E-state index contributed by atoms with van der Waals surface area (Å²) in [7, 11) is 0. The van der Waals surface area contributed by atoms with Crippen LogP contribution in [0, 0.1) is 5.95 Å². The number of aromatic nitrogens is 7. The Kier molecular flexibility index (Phi) is 5.55. The second-order valence-electron chi connectivity index (χ2n) is 9.74. The van der Waals surface area contributed by atoms with Crippen LogP contribution in [0.25, 0.3) is 39.0 Å². The van der Waals surface area contributed by atoms with Gasteiger partial charge in [-0.1, -0.05) is 46.6 Å². The van der Waals surface area contributed by atoms with E-state index < -0.39 is 12.0 Å². The molecule has 0 saturated heterocycles. The number of fused-ring (bicyclic) bond motifs is 2. The van der Waals surface area contributed by atoms with Gasteiger partial charge in [-0.15, -0.1) is 5.10 Å². The summed E-state index contributed by atoms with van der Waals surface area (Å²) in [6.45, 7) is 2.02. The molecule has 0 amide bonds. The molecule has 13 heteroatoms. The lowest BCUT2D eigenvalue weighted by atomic mass is 9.99. The fourth-order valence-corrected chi connectivity index (χ4v) is 5.69. The van der Waals surface area contributed by atoms with Gasteiger partial charge < -0.3 is 19.8 Å². The highest BCUT2D eigenvalue weighted by atomic mass is 35.5. The van der Waals surface area contributed by atoms with Gasteiger partial charge in [0.2, 0.25) is 5.95 Å². The van der Waals surface area contributed by atoms with Crippen LogP contribution in [0.3, 0.4) is 0 Å². The Bertz CT molecular complexity index is 2010. The number of benzene rings is 2. The number of pyridine rings is 1. The summed E-state index contributed by atoms with van der Waals surface area (Å²) in [4.78, 5) is 20.9. The quantitative estimate of drug-likeness (QED) is 0.273. The molecule has 0 radical (unpaired) electrons. The molecule has 0 fully saturated rings. The molecule has 1 aliphatic heterocycles. The SMILES string of the molecule is C[C@@H]1C[C@@H](c2nc(F)c(-c3ccc4c(N)noc4c3)[nH]2)n2c1cc(-c1cc(Cl)ccc1-n1cc(Cl)nn1)cc2=O. The van der Waals surface area contributed by atoms with Crippen LogP contribution in [-0.4, -0.2) is 34.7 Å². The largest absolute Gasteiger partial charge is 0.380 e. The molecule has 3 N–H and O–H groups in total. The summed E-state index contributed by atoms with van der Waals surface area (Å²) >= 11 is 12.3. The number of hydrogen-bond acceptors (Lipinski definition) is 7. The molecule has 2 aromatic carbocycles. The number of nitrogens with one attached hydrogen (secondary N) is 1. The average molecular weight is 577 g/mol. The van der Waals surface area contributed by atoms with Crippen LogP contribution in [0.2, 0.25) is 10.2 Å². The Morgan fingerprint density at radius 3 is 2.77 bits per heavy atom. The van der Waals surface area contributed by atoms with Crippen LogP contribution >= 0.6 is 23.2 Å². The summed E-state index contributed by atoms with van der Waals surface area (Å²) in [6.07, 6.45) is 2.13. The van der Waals surface area contributed by atoms with Crippen molar-refractivity contribution in [2.45, 2.75) is 25.3 Å². The zero-order valence-corrected chi connectivity index (χ0v) is 22.3. The van der Waals surface area contributed by atoms with E-state index >= 15 is 4.39 Å². The monoisotopic (exact) mass is 576 g/mol. The highest BCUT2D eigenvalue weighted by Gasteiger charge is 2.33. The Morgan fingerprint density at radius 1 is 1.12 bits per heavy atom. The van der Waals surface area contributed by atoms with Gasteiger partial charge in [-0.25, -0.2) is 9.67 Å². The zero-order valence-electron chi connectivity index (χ0n) is 20.8. The number of anilines is 1. The van der Waals surface area contributed by atoms with Crippen molar-refractivity contribution in [3.8, 4) is 28.1 Å². The van der Waals surface area contributed by atoms with E-state index in [1.54, 1.807) is 47.2 Å². The molecule has 1 aliphatic rings. The van der Waals surface area contributed by atoms with Crippen LogP contribution in [0.15, 0.2) is 64.0 Å². The first-order valence-electron chi connectivity index (χ1n) is 12.3. The molecular weight excluding hydrogens is 558 g/mol.